The average Bonchev–Trinajstić information content (AvgIpc) is 3.09. The molecule has 0 radical (unpaired) electrons. The van der Waals surface area contributed by atoms with Crippen LogP contribution < -0.4 is 10.9 Å². The molecule has 0 bridgehead atoms. The highest BCUT2D eigenvalue weighted by molar-refractivity contribution is 5.75. The Kier molecular flexibility index (Phi) is 4.88. The van der Waals surface area contributed by atoms with Crippen LogP contribution in [-0.4, -0.2) is 22.0 Å². The van der Waals surface area contributed by atoms with Crippen molar-refractivity contribution >= 4 is 6.03 Å². The molecule has 3 rings (SSSR count). The first-order valence-electron chi connectivity index (χ1n) is 8.43. The van der Waals surface area contributed by atoms with Gasteiger partial charge in [-0.15, -0.1) is 0 Å². The number of carbonyl (C=O) groups is 1. The van der Waals surface area contributed by atoms with Crippen LogP contribution in [-0.2, 0) is 13.6 Å². The Bertz CT molecular complexity index is 830. The average molecular weight is 343 g/mol. The lowest BCUT2D eigenvalue weighted by molar-refractivity contribution is 0.192. The molecular weight excluding hydrogens is 321 g/mol. The van der Waals surface area contributed by atoms with E-state index in [9.17, 15) is 14.0 Å². The first-order chi connectivity index (χ1) is 12.0. The maximum Gasteiger partial charge on any atom is 0.318 e. The summed E-state index contributed by atoms with van der Waals surface area (Å²) in [5.41, 5.74) is 2.26. The molecule has 5 nitrogen and oxygen atoms in total. The molecule has 0 aliphatic carbocycles. The first-order valence-corrected chi connectivity index (χ1v) is 8.43. The van der Waals surface area contributed by atoms with Gasteiger partial charge in [-0.2, -0.15) is 0 Å². The number of pyridine rings is 1. The number of nitrogens with zero attached hydrogens (tertiary/aromatic N) is 2. The number of nitrogens with one attached hydrogen (secondary N) is 1. The summed E-state index contributed by atoms with van der Waals surface area (Å²) in [6.45, 7) is 2.71. The maximum atomic E-state index is 13.1. The number of aromatic nitrogens is 1. The number of amides is 2. The molecular formula is C19H22FN3O2. The fourth-order valence-corrected chi connectivity index (χ4v) is 3.23. The Morgan fingerprint density at radius 2 is 1.96 bits per heavy atom. The second-order valence-corrected chi connectivity index (χ2v) is 6.43. The van der Waals surface area contributed by atoms with Crippen LogP contribution in [0, 0.1) is 12.7 Å². The topological polar surface area (TPSA) is 54.3 Å². The van der Waals surface area contributed by atoms with Crippen LogP contribution in [0.15, 0.2) is 41.2 Å². The minimum absolute atomic E-state index is 0.0542. The number of hydrogen-bond donors (Lipinski definition) is 1. The van der Waals surface area contributed by atoms with Gasteiger partial charge in [0.15, 0.2) is 0 Å². The summed E-state index contributed by atoms with van der Waals surface area (Å²) in [6.07, 6.45) is 1.76. The number of urea groups is 1. The van der Waals surface area contributed by atoms with E-state index in [2.05, 4.69) is 5.32 Å². The van der Waals surface area contributed by atoms with Gasteiger partial charge in [0, 0.05) is 31.4 Å². The zero-order valence-corrected chi connectivity index (χ0v) is 14.5. The number of hydrogen-bond acceptors (Lipinski definition) is 2. The quantitative estimate of drug-likeness (QED) is 0.932. The van der Waals surface area contributed by atoms with Gasteiger partial charge in [-0.25, -0.2) is 9.18 Å². The SMILES string of the molecule is Cc1ccc(CNC(=O)N2CCCC2c2ccc(F)cc2)c(=O)n1C. The van der Waals surface area contributed by atoms with Gasteiger partial charge in [0.05, 0.1) is 6.04 Å². The summed E-state index contributed by atoms with van der Waals surface area (Å²) in [6, 6.07) is 9.64. The summed E-state index contributed by atoms with van der Waals surface area (Å²) in [5.74, 6) is -0.284. The van der Waals surface area contributed by atoms with E-state index in [4.69, 9.17) is 0 Å². The van der Waals surface area contributed by atoms with Gasteiger partial charge in [0.1, 0.15) is 5.82 Å². The van der Waals surface area contributed by atoms with Gasteiger partial charge in [0.25, 0.3) is 5.56 Å². The van der Waals surface area contributed by atoms with E-state index in [0.29, 0.717) is 12.1 Å². The van der Waals surface area contributed by atoms with Gasteiger partial charge in [-0.1, -0.05) is 18.2 Å². The Balaban J connectivity index is 1.69. The number of rotatable bonds is 3. The van der Waals surface area contributed by atoms with E-state index in [0.717, 1.165) is 24.1 Å². The lowest BCUT2D eigenvalue weighted by Crippen LogP contribution is -2.40. The summed E-state index contributed by atoms with van der Waals surface area (Å²) < 4.78 is 14.7. The Morgan fingerprint density at radius 1 is 1.24 bits per heavy atom. The van der Waals surface area contributed by atoms with Crippen LogP contribution in [0.2, 0.25) is 0 Å². The smallest absolute Gasteiger partial charge is 0.318 e. The van der Waals surface area contributed by atoms with Crippen LogP contribution >= 0.6 is 0 Å². The molecule has 1 atom stereocenters. The fraction of sp³-hybridized carbons (Fsp3) is 0.368. The molecule has 1 fully saturated rings. The Morgan fingerprint density at radius 3 is 2.68 bits per heavy atom. The standard InChI is InChI=1S/C19H22FN3O2/c1-13-5-6-15(18(24)22(13)2)12-21-19(25)23-11-3-4-17(23)14-7-9-16(20)10-8-14/h5-10,17H,3-4,11-12H2,1-2H3,(H,21,25). The molecule has 0 saturated carbocycles. The van der Waals surface area contributed by atoms with E-state index in [1.165, 1.54) is 12.1 Å². The second kappa shape index (κ2) is 7.09. The van der Waals surface area contributed by atoms with Crippen LogP contribution in [0.25, 0.3) is 0 Å². The third-order valence-electron chi connectivity index (χ3n) is 4.83. The molecule has 1 saturated heterocycles. The monoisotopic (exact) mass is 343 g/mol. The van der Waals surface area contributed by atoms with Crippen LogP contribution in [0.4, 0.5) is 9.18 Å². The Labute approximate surface area is 146 Å². The Hall–Kier alpha value is -2.63. The van der Waals surface area contributed by atoms with Crippen molar-refractivity contribution < 1.29 is 9.18 Å². The molecule has 1 N–H and O–H groups in total. The van der Waals surface area contributed by atoms with Crippen molar-refractivity contribution in [2.45, 2.75) is 32.4 Å². The molecule has 2 amide bonds. The van der Waals surface area contributed by atoms with Crippen molar-refractivity contribution in [1.29, 1.82) is 0 Å². The lowest BCUT2D eigenvalue weighted by Gasteiger charge is -2.25. The summed E-state index contributed by atoms with van der Waals surface area (Å²) >= 11 is 0. The molecule has 1 aliphatic heterocycles. The lowest BCUT2D eigenvalue weighted by atomic mass is 10.0. The highest BCUT2D eigenvalue weighted by Gasteiger charge is 2.29. The third kappa shape index (κ3) is 3.57. The number of carbonyl (C=O) groups excluding carboxylic acids is 1. The molecule has 1 aromatic heterocycles. The van der Waals surface area contributed by atoms with Gasteiger partial charge in [-0.3, -0.25) is 4.79 Å². The maximum absolute atomic E-state index is 13.1. The van der Waals surface area contributed by atoms with Crippen molar-refractivity contribution in [2.24, 2.45) is 7.05 Å². The summed E-state index contributed by atoms with van der Waals surface area (Å²) in [4.78, 5) is 26.5. The molecule has 6 heteroatoms. The van der Waals surface area contributed by atoms with E-state index >= 15 is 0 Å². The van der Waals surface area contributed by atoms with Crippen LogP contribution in [0.1, 0.15) is 35.7 Å². The molecule has 2 heterocycles. The van der Waals surface area contributed by atoms with E-state index in [1.54, 1.807) is 34.7 Å². The van der Waals surface area contributed by atoms with E-state index < -0.39 is 0 Å². The van der Waals surface area contributed by atoms with Gasteiger partial charge in [0.2, 0.25) is 0 Å². The molecule has 1 aromatic carbocycles. The third-order valence-corrected chi connectivity index (χ3v) is 4.83. The second-order valence-electron chi connectivity index (χ2n) is 6.43. The fourth-order valence-electron chi connectivity index (χ4n) is 3.23. The van der Waals surface area contributed by atoms with E-state index in [1.807, 2.05) is 13.0 Å². The molecule has 25 heavy (non-hydrogen) atoms. The minimum Gasteiger partial charge on any atom is -0.334 e. The van der Waals surface area contributed by atoms with Gasteiger partial charge in [-0.05, 0) is 43.5 Å². The zero-order chi connectivity index (χ0) is 18.0. The molecule has 132 valence electrons. The van der Waals surface area contributed by atoms with Crippen LogP contribution in [0.5, 0.6) is 0 Å². The minimum atomic E-state index is -0.284. The zero-order valence-electron chi connectivity index (χ0n) is 14.5. The number of aryl methyl sites for hydroxylation is 1. The van der Waals surface area contributed by atoms with Crippen molar-refractivity contribution in [3.05, 3.63) is 69.4 Å². The number of halogens is 1. The predicted octanol–water partition coefficient (Wildman–Crippen LogP) is 2.88. The van der Waals surface area contributed by atoms with Gasteiger partial charge >= 0.3 is 6.03 Å². The van der Waals surface area contributed by atoms with Crippen molar-refractivity contribution in [3.8, 4) is 0 Å². The summed E-state index contributed by atoms with van der Waals surface area (Å²) in [5, 5.41) is 2.84. The number of benzene rings is 1. The summed E-state index contributed by atoms with van der Waals surface area (Å²) in [7, 11) is 1.72. The van der Waals surface area contributed by atoms with Gasteiger partial charge < -0.3 is 14.8 Å². The predicted molar refractivity (Wildman–Crippen MR) is 93.7 cm³/mol. The normalized spacial score (nSPS) is 16.9. The highest BCUT2D eigenvalue weighted by Crippen LogP contribution is 2.31. The van der Waals surface area contributed by atoms with E-state index in [-0.39, 0.29) is 30.0 Å². The largest absolute Gasteiger partial charge is 0.334 e. The van der Waals surface area contributed by atoms with Crippen molar-refractivity contribution in [3.63, 3.8) is 0 Å². The first kappa shape index (κ1) is 17.2. The van der Waals surface area contributed by atoms with Crippen molar-refractivity contribution in [1.82, 2.24) is 14.8 Å². The molecule has 1 unspecified atom stereocenters. The highest BCUT2D eigenvalue weighted by atomic mass is 19.1. The van der Waals surface area contributed by atoms with Crippen molar-refractivity contribution in [2.75, 3.05) is 6.54 Å². The number of likely N-dealkylation sites (tertiary alicyclic amines) is 1. The molecule has 0 spiro atoms. The molecule has 2 aromatic rings. The van der Waals surface area contributed by atoms with Crippen LogP contribution in [0.3, 0.4) is 0 Å². The molecule has 1 aliphatic rings.